The molecule has 0 saturated heterocycles. The molecule has 0 unspecified atom stereocenters. The number of halogens is 1. The lowest BCUT2D eigenvalue weighted by atomic mass is 9.86. The maximum absolute atomic E-state index is 10.7. The molecule has 2 aromatic carbocycles. The topological polar surface area (TPSA) is 67.5 Å². The lowest BCUT2D eigenvalue weighted by Gasteiger charge is -2.42. The highest BCUT2D eigenvalue weighted by Gasteiger charge is 2.42. The lowest BCUT2D eigenvalue weighted by molar-refractivity contribution is -0.0643. The Hall–Kier alpha value is -1.75. The van der Waals surface area contributed by atoms with Gasteiger partial charge >= 0.3 is 0 Å². The van der Waals surface area contributed by atoms with E-state index in [0.29, 0.717) is 16.5 Å². The van der Waals surface area contributed by atoms with Crippen molar-refractivity contribution >= 4 is 17.3 Å². The molecule has 24 heavy (non-hydrogen) atoms. The third kappa shape index (κ3) is 3.36. The van der Waals surface area contributed by atoms with Crippen LogP contribution in [0.2, 0.25) is 5.02 Å². The average Bonchev–Trinajstić information content (AvgIpc) is 2.54. The quantitative estimate of drug-likeness (QED) is 0.743. The molecule has 2 aromatic rings. The standard InChI is InChI=1S/C19H23ClN2O2/c1-19(2)18(23)17(22-9-8-12-6-4-3-5-7-12)13-10-14(20)15(21)11-16(13)24-19/h3-7,10-11,17-18,22-23H,8-9,21H2,1-2H3/t17-,18+/m0/s1. The van der Waals surface area contributed by atoms with Crippen molar-refractivity contribution in [2.45, 2.75) is 38.0 Å². The number of rotatable bonds is 4. The van der Waals surface area contributed by atoms with Crippen molar-refractivity contribution in [2.24, 2.45) is 0 Å². The molecule has 0 radical (unpaired) electrons. The smallest absolute Gasteiger partial charge is 0.131 e. The number of nitrogen functional groups attached to an aromatic ring is 1. The maximum atomic E-state index is 10.7. The number of nitrogens with two attached hydrogens (primary N) is 1. The predicted octanol–water partition coefficient (Wildman–Crippen LogP) is 3.33. The van der Waals surface area contributed by atoms with Gasteiger partial charge in [-0.1, -0.05) is 41.9 Å². The number of hydrogen-bond acceptors (Lipinski definition) is 4. The van der Waals surface area contributed by atoms with Crippen LogP contribution in [-0.4, -0.2) is 23.4 Å². The van der Waals surface area contributed by atoms with E-state index < -0.39 is 11.7 Å². The number of fused-ring (bicyclic) bond motifs is 1. The third-order valence-electron chi connectivity index (χ3n) is 4.49. The summed E-state index contributed by atoms with van der Waals surface area (Å²) in [5.74, 6) is 0.671. The van der Waals surface area contributed by atoms with Crippen LogP contribution < -0.4 is 15.8 Å². The second kappa shape index (κ2) is 6.63. The van der Waals surface area contributed by atoms with Crippen LogP contribution in [0, 0.1) is 0 Å². The number of anilines is 1. The first-order valence-electron chi connectivity index (χ1n) is 8.12. The van der Waals surface area contributed by atoms with E-state index in [0.717, 1.165) is 18.5 Å². The van der Waals surface area contributed by atoms with Crippen molar-refractivity contribution in [3.05, 3.63) is 58.6 Å². The van der Waals surface area contributed by atoms with Gasteiger partial charge in [-0.25, -0.2) is 0 Å². The summed E-state index contributed by atoms with van der Waals surface area (Å²) in [6.45, 7) is 4.48. The summed E-state index contributed by atoms with van der Waals surface area (Å²) >= 11 is 6.17. The minimum absolute atomic E-state index is 0.259. The van der Waals surface area contributed by atoms with Crippen LogP contribution in [0.3, 0.4) is 0 Å². The fourth-order valence-electron chi connectivity index (χ4n) is 3.07. The van der Waals surface area contributed by atoms with Gasteiger partial charge in [0, 0.05) is 11.6 Å². The minimum Gasteiger partial charge on any atom is -0.485 e. The summed E-state index contributed by atoms with van der Waals surface area (Å²) in [5.41, 5.74) is 7.75. The number of aliphatic hydroxyl groups excluding tert-OH is 1. The SMILES string of the molecule is CC1(C)Oc2cc(N)c(Cl)cc2[C@H](NCCc2ccccc2)[C@H]1O. The van der Waals surface area contributed by atoms with Crippen molar-refractivity contribution in [2.75, 3.05) is 12.3 Å². The molecule has 0 aromatic heterocycles. The van der Waals surface area contributed by atoms with E-state index in [2.05, 4.69) is 17.4 Å². The van der Waals surface area contributed by atoms with Crippen molar-refractivity contribution < 1.29 is 9.84 Å². The molecule has 4 N–H and O–H groups in total. The van der Waals surface area contributed by atoms with Crippen molar-refractivity contribution in [1.29, 1.82) is 0 Å². The summed E-state index contributed by atoms with van der Waals surface area (Å²) in [5, 5.41) is 14.7. The zero-order chi connectivity index (χ0) is 17.3. The second-order valence-corrected chi connectivity index (χ2v) is 7.14. The van der Waals surface area contributed by atoms with E-state index in [1.807, 2.05) is 32.0 Å². The Bertz CT molecular complexity index is 719. The molecule has 0 aliphatic carbocycles. The van der Waals surface area contributed by atoms with Gasteiger partial charge in [0.1, 0.15) is 17.5 Å². The van der Waals surface area contributed by atoms with Gasteiger partial charge in [0.15, 0.2) is 0 Å². The molecule has 4 nitrogen and oxygen atoms in total. The Kier molecular flexibility index (Phi) is 4.72. The van der Waals surface area contributed by atoms with Crippen LogP contribution in [0.4, 0.5) is 5.69 Å². The van der Waals surface area contributed by atoms with Gasteiger partial charge in [0.05, 0.1) is 16.8 Å². The molecule has 3 rings (SSSR count). The van der Waals surface area contributed by atoms with Gasteiger partial charge in [-0.15, -0.1) is 0 Å². The van der Waals surface area contributed by atoms with E-state index in [1.165, 1.54) is 5.56 Å². The van der Waals surface area contributed by atoms with Crippen molar-refractivity contribution in [3.8, 4) is 5.75 Å². The number of nitrogens with one attached hydrogen (secondary N) is 1. The Morgan fingerprint density at radius 1 is 1.25 bits per heavy atom. The van der Waals surface area contributed by atoms with Crippen LogP contribution in [-0.2, 0) is 6.42 Å². The highest BCUT2D eigenvalue weighted by atomic mass is 35.5. The van der Waals surface area contributed by atoms with E-state index in [4.69, 9.17) is 22.1 Å². The van der Waals surface area contributed by atoms with Gasteiger partial charge in [0.25, 0.3) is 0 Å². The van der Waals surface area contributed by atoms with Gasteiger partial charge in [0.2, 0.25) is 0 Å². The zero-order valence-electron chi connectivity index (χ0n) is 13.9. The van der Waals surface area contributed by atoms with Gasteiger partial charge in [-0.2, -0.15) is 0 Å². The van der Waals surface area contributed by atoms with Crippen molar-refractivity contribution in [3.63, 3.8) is 0 Å². The molecule has 0 fully saturated rings. The number of aliphatic hydroxyl groups is 1. The Morgan fingerprint density at radius 2 is 1.96 bits per heavy atom. The molecule has 0 saturated carbocycles. The number of benzene rings is 2. The Morgan fingerprint density at radius 3 is 2.67 bits per heavy atom. The molecule has 5 heteroatoms. The molecule has 1 heterocycles. The van der Waals surface area contributed by atoms with Gasteiger partial charge in [-0.3, -0.25) is 0 Å². The van der Waals surface area contributed by atoms with E-state index in [1.54, 1.807) is 12.1 Å². The molecule has 0 amide bonds. The molecular formula is C19H23ClN2O2. The first-order chi connectivity index (χ1) is 11.4. The first-order valence-corrected chi connectivity index (χ1v) is 8.49. The monoisotopic (exact) mass is 346 g/mol. The summed E-state index contributed by atoms with van der Waals surface area (Å²) < 4.78 is 5.93. The van der Waals surface area contributed by atoms with Crippen LogP contribution >= 0.6 is 11.6 Å². The average molecular weight is 347 g/mol. The first kappa shape index (κ1) is 17.1. The Labute approximate surface area is 147 Å². The fraction of sp³-hybridized carbons (Fsp3) is 0.368. The van der Waals surface area contributed by atoms with E-state index >= 15 is 0 Å². The molecule has 0 bridgehead atoms. The van der Waals surface area contributed by atoms with Crippen LogP contribution in [0.5, 0.6) is 5.75 Å². The van der Waals surface area contributed by atoms with Crippen LogP contribution in [0.25, 0.3) is 0 Å². The minimum atomic E-state index is -0.711. The highest BCUT2D eigenvalue weighted by Crippen LogP contribution is 2.42. The van der Waals surface area contributed by atoms with Gasteiger partial charge < -0.3 is 20.9 Å². The van der Waals surface area contributed by atoms with Crippen LogP contribution in [0.1, 0.15) is 31.0 Å². The summed E-state index contributed by atoms with van der Waals surface area (Å²) in [7, 11) is 0. The highest BCUT2D eigenvalue weighted by molar-refractivity contribution is 6.33. The fourth-order valence-corrected chi connectivity index (χ4v) is 3.24. The Balaban J connectivity index is 1.82. The normalized spacial score (nSPS) is 21.8. The van der Waals surface area contributed by atoms with E-state index in [9.17, 15) is 5.11 Å². The zero-order valence-corrected chi connectivity index (χ0v) is 14.7. The van der Waals surface area contributed by atoms with E-state index in [-0.39, 0.29) is 6.04 Å². The van der Waals surface area contributed by atoms with Gasteiger partial charge in [-0.05, 0) is 38.4 Å². The molecule has 0 spiro atoms. The lowest BCUT2D eigenvalue weighted by Crippen LogP contribution is -2.52. The largest absolute Gasteiger partial charge is 0.485 e. The third-order valence-corrected chi connectivity index (χ3v) is 4.81. The molecule has 1 aliphatic rings. The maximum Gasteiger partial charge on any atom is 0.131 e. The summed E-state index contributed by atoms with van der Waals surface area (Å²) in [6.07, 6.45) is 0.184. The molecule has 2 atom stereocenters. The molecule has 128 valence electrons. The molecular weight excluding hydrogens is 324 g/mol. The summed E-state index contributed by atoms with van der Waals surface area (Å²) in [6, 6.07) is 13.5. The predicted molar refractivity (Wildman–Crippen MR) is 97.5 cm³/mol. The summed E-state index contributed by atoms with van der Waals surface area (Å²) in [4.78, 5) is 0. The number of ether oxygens (including phenoxy) is 1. The van der Waals surface area contributed by atoms with Crippen LogP contribution in [0.15, 0.2) is 42.5 Å². The number of hydrogen-bond donors (Lipinski definition) is 3. The second-order valence-electron chi connectivity index (χ2n) is 6.73. The molecule has 1 aliphatic heterocycles. The van der Waals surface area contributed by atoms with Crippen molar-refractivity contribution in [1.82, 2.24) is 5.32 Å².